The number of phenolic OH excluding ortho intramolecular Hbond substituents is 1. The Morgan fingerprint density at radius 1 is 1.21 bits per heavy atom. The van der Waals surface area contributed by atoms with Crippen molar-refractivity contribution >= 4 is 23.2 Å². The fraction of sp³-hybridized carbons (Fsp3) is 0.500. The molecular formula is C26H29F3N2O7. The number of fused-ring (bicyclic) bond motifs is 3. The van der Waals surface area contributed by atoms with E-state index in [0.29, 0.717) is 12.5 Å². The highest BCUT2D eigenvalue weighted by atomic mass is 19.4. The molecule has 0 aliphatic heterocycles. The fourth-order valence-electron chi connectivity index (χ4n) is 5.87. The smallest absolute Gasteiger partial charge is 0.417 e. The van der Waals surface area contributed by atoms with Gasteiger partial charge in [-0.15, -0.1) is 0 Å². The van der Waals surface area contributed by atoms with E-state index in [1.165, 1.54) is 0 Å². The van der Waals surface area contributed by atoms with Gasteiger partial charge in [0.2, 0.25) is 5.78 Å². The molecule has 1 unspecified atom stereocenters. The van der Waals surface area contributed by atoms with Crippen LogP contribution >= 0.6 is 0 Å². The Morgan fingerprint density at radius 2 is 1.87 bits per heavy atom. The van der Waals surface area contributed by atoms with E-state index in [4.69, 9.17) is 5.73 Å². The number of nitrogens with one attached hydrogen (secondary N) is 1. The molecule has 3 aliphatic rings. The number of benzene rings is 1. The summed E-state index contributed by atoms with van der Waals surface area (Å²) in [4.78, 5) is 37.6. The summed E-state index contributed by atoms with van der Waals surface area (Å²) in [7, 11) is 0. The van der Waals surface area contributed by atoms with Crippen LogP contribution in [0, 0.1) is 17.8 Å². The topological polar surface area (TPSA) is 170 Å². The minimum atomic E-state index is -4.86. The number of hydrogen-bond acceptors (Lipinski definition) is 8. The van der Waals surface area contributed by atoms with E-state index in [-0.39, 0.29) is 18.5 Å². The Balaban J connectivity index is 1.86. The molecular weight excluding hydrogens is 509 g/mol. The third kappa shape index (κ3) is 4.25. The Morgan fingerprint density at radius 3 is 2.45 bits per heavy atom. The average molecular weight is 539 g/mol. The number of amides is 1. The molecule has 0 saturated heterocycles. The van der Waals surface area contributed by atoms with E-state index in [1.807, 2.05) is 13.8 Å². The highest BCUT2D eigenvalue weighted by molar-refractivity contribution is 6.22. The molecule has 0 heterocycles. The lowest BCUT2D eigenvalue weighted by Crippen LogP contribution is -2.58. The van der Waals surface area contributed by atoms with Crippen molar-refractivity contribution in [2.45, 2.75) is 57.9 Å². The molecule has 1 amide bonds. The molecule has 0 aromatic heterocycles. The van der Waals surface area contributed by atoms with E-state index in [1.54, 1.807) is 0 Å². The molecule has 206 valence electrons. The van der Waals surface area contributed by atoms with Crippen molar-refractivity contribution in [3.63, 3.8) is 0 Å². The van der Waals surface area contributed by atoms with Crippen LogP contribution in [0.5, 0.6) is 5.75 Å². The Bertz CT molecular complexity index is 1300. The van der Waals surface area contributed by atoms with Crippen LogP contribution in [0.25, 0.3) is 5.76 Å². The summed E-state index contributed by atoms with van der Waals surface area (Å²) in [5, 5.41) is 46.4. The lowest BCUT2D eigenvalue weighted by atomic mass is 9.59. The zero-order chi connectivity index (χ0) is 28.3. The number of aliphatic hydroxyl groups is 3. The first-order chi connectivity index (χ1) is 17.6. The average Bonchev–Trinajstić information content (AvgIpc) is 2.77. The number of carbonyl (C=O) groups is 3. The number of aliphatic hydroxyl groups excluding tert-OH is 2. The SMILES string of the molecule is CC(C)CCNCc1cc(O)c2c(c1C(F)(F)F)CC1C[C@H]3CC(=O)C(C(N)=O)=C(O)[C@@]3(O)C(=O)C1=C2O. The monoisotopic (exact) mass is 538 g/mol. The molecule has 0 spiro atoms. The maximum absolute atomic E-state index is 14.3. The van der Waals surface area contributed by atoms with Crippen LogP contribution in [-0.4, -0.2) is 50.0 Å². The number of alkyl halides is 3. The minimum absolute atomic E-state index is 0.200. The largest absolute Gasteiger partial charge is 0.508 e. The van der Waals surface area contributed by atoms with Gasteiger partial charge in [-0.3, -0.25) is 14.4 Å². The molecule has 12 heteroatoms. The van der Waals surface area contributed by atoms with Crippen molar-refractivity contribution in [3.05, 3.63) is 45.2 Å². The zero-order valence-corrected chi connectivity index (χ0v) is 20.8. The molecule has 3 atom stereocenters. The number of aromatic hydroxyl groups is 1. The number of phenols is 1. The van der Waals surface area contributed by atoms with E-state index >= 15 is 0 Å². The van der Waals surface area contributed by atoms with Gasteiger partial charge in [0.25, 0.3) is 5.91 Å². The molecule has 0 bridgehead atoms. The second kappa shape index (κ2) is 9.42. The summed E-state index contributed by atoms with van der Waals surface area (Å²) in [6, 6.07) is 0.883. The number of nitrogens with two attached hydrogens (primary N) is 1. The third-order valence-electron chi connectivity index (χ3n) is 7.65. The predicted molar refractivity (Wildman–Crippen MR) is 128 cm³/mol. The number of hydrogen-bond donors (Lipinski definition) is 6. The van der Waals surface area contributed by atoms with Gasteiger partial charge in [-0.25, -0.2) is 0 Å². The van der Waals surface area contributed by atoms with Gasteiger partial charge in [-0.05, 0) is 54.8 Å². The van der Waals surface area contributed by atoms with Crippen molar-refractivity contribution in [2.75, 3.05) is 6.54 Å². The van der Waals surface area contributed by atoms with Gasteiger partial charge in [0.15, 0.2) is 11.4 Å². The molecule has 1 saturated carbocycles. The maximum atomic E-state index is 14.3. The number of ketones is 2. The van der Waals surface area contributed by atoms with Crippen LogP contribution in [-0.2, 0) is 33.5 Å². The van der Waals surface area contributed by atoms with Crippen LogP contribution in [0.15, 0.2) is 23.0 Å². The molecule has 0 radical (unpaired) electrons. The second-order valence-corrected chi connectivity index (χ2v) is 10.5. The van der Waals surface area contributed by atoms with Crippen molar-refractivity contribution in [3.8, 4) is 5.75 Å². The Labute approximate surface area is 215 Å². The highest BCUT2D eigenvalue weighted by Gasteiger charge is 2.60. The third-order valence-corrected chi connectivity index (χ3v) is 7.65. The van der Waals surface area contributed by atoms with Crippen molar-refractivity contribution in [2.24, 2.45) is 23.5 Å². The molecule has 1 fully saturated rings. The maximum Gasteiger partial charge on any atom is 0.417 e. The van der Waals surface area contributed by atoms with Crippen LogP contribution in [0.3, 0.4) is 0 Å². The Hall–Kier alpha value is -3.38. The summed E-state index contributed by atoms with van der Waals surface area (Å²) in [5.41, 5.74) is -1.33. The molecule has 1 aromatic rings. The van der Waals surface area contributed by atoms with Gasteiger partial charge in [0, 0.05) is 24.5 Å². The molecule has 1 aromatic carbocycles. The molecule has 3 aliphatic carbocycles. The first kappa shape index (κ1) is 27.6. The van der Waals surface area contributed by atoms with Gasteiger partial charge in [-0.1, -0.05) is 13.8 Å². The number of primary amides is 1. The van der Waals surface area contributed by atoms with Gasteiger partial charge >= 0.3 is 6.18 Å². The van der Waals surface area contributed by atoms with Crippen LogP contribution in [0.2, 0.25) is 0 Å². The van der Waals surface area contributed by atoms with Gasteiger partial charge < -0.3 is 31.5 Å². The van der Waals surface area contributed by atoms with Crippen LogP contribution in [0.4, 0.5) is 13.2 Å². The highest BCUT2D eigenvalue weighted by Crippen LogP contribution is 2.53. The lowest BCUT2D eigenvalue weighted by molar-refractivity contribution is -0.147. The fourth-order valence-corrected chi connectivity index (χ4v) is 5.87. The Kier molecular flexibility index (Phi) is 6.86. The number of Topliss-reactive ketones (excluding diaryl/α,β-unsaturated/α-hetero) is 2. The minimum Gasteiger partial charge on any atom is -0.508 e. The number of carbonyl (C=O) groups excluding carboxylic acids is 3. The first-order valence-electron chi connectivity index (χ1n) is 12.2. The molecule has 4 rings (SSSR count). The zero-order valence-electron chi connectivity index (χ0n) is 20.8. The molecule has 38 heavy (non-hydrogen) atoms. The van der Waals surface area contributed by atoms with Gasteiger partial charge in [-0.2, -0.15) is 13.2 Å². The van der Waals surface area contributed by atoms with Crippen molar-refractivity contribution in [1.29, 1.82) is 0 Å². The van der Waals surface area contributed by atoms with Crippen LogP contribution < -0.4 is 11.1 Å². The summed E-state index contributed by atoms with van der Waals surface area (Å²) >= 11 is 0. The number of halogens is 3. The van der Waals surface area contributed by atoms with Crippen molar-refractivity contribution < 1.29 is 48.0 Å². The number of rotatable bonds is 6. The lowest BCUT2D eigenvalue weighted by Gasteiger charge is -2.46. The van der Waals surface area contributed by atoms with Gasteiger partial charge in [0.1, 0.15) is 22.8 Å². The van der Waals surface area contributed by atoms with Crippen molar-refractivity contribution in [1.82, 2.24) is 5.32 Å². The second-order valence-electron chi connectivity index (χ2n) is 10.5. The van der Waals surface area contributed by atoms with E-state index < -0.39 is 99.0 Å². The molecule has 7 N–H and O–H groups in total. The quantitative estimate of drug-likeness (QED) is 0.237. The first-order valence-corrected chi connectivity index (χ1v) is 12.2. The summed E-state index contributed by atoms with van der Waals surface area (Å²) in [6.45, 7) is 4.18. The molecule has 9 nitrogen and oxygen atoms in total. The standard InChI is InChI=1S/C26H29F3N2O7/c1-10(2)3-4-31-9-12-7-15(32)18-14(20(12)26(27,28)29)6-11-5-13-8-16(33)19(24(30)37)23(36)25(13,38)22(35)17(11)21(18)34/h7,10-11,13,31-32,34,36,38H,3-6,8-9H2,1-2H3,(H2,30,37)/t11?,13-,25-/m0/s1. The predicted octanol–water partition coefficient (Wildman–Crippen LogP) is 2.58. The summed E-state index contributed by atoms with van der Waals surface area (Å²) < 4.78 is 43.0. The van der Waals surface area contributed by atoms with Crippen LogP contribution in [0.1, 0.15) is 55.4 Å². The van der Waals surface area contributed by atoms with Gasteiger partial charge in [0.05, 0.1) is 11.1 Å². The summed E-state index contributed by atoms with van der Waals surface area (Å²) in [6.07, 6.45) is -5.37. The van der Waals surface area contributed by atoms with E-state index in [9.17, 15) is 48.0 Å². The summed E-state index contributed by atoms with van der Waals surface area (Å²) in [5.74, 6) is -8.42. The van der Waals surface area contributed by atoms with E-state index in [0.717, 1.165) is 12.5 Å². The van der Waals surface area contributed by atoms with E-state index in [2.05, 4.69) is 5.32 Å². The normalized spacial score (nSPS) is 25.4.